The van der Waals surface area contributed by atoms with Gasteiger partial charge in [-0.25, -0.2) is 4.98 Å². The fraction of sp³-hybridized carbons (Fsp3) is 0.667. The van der Waals surface area contributed by atoms with Crippen molar-refractivity contribution in [3.05, 3.63) is 23.4 Å². The van der Waals surface area contributed by atoms with Crippen LogP contribution in [-0.4, -0.2) is 18.6 Å². The molecule has 0 saturated heterocycles. The zero-order chi connectivity index (χ0) is 13.3. The molecule has 1 aliphatic rings. The maximum atomic E-state index is 6.00. The lowest BCUT2D eigenvalue weighted by atomic mass is 9.91. The van der Waals surface area contributed by atoms with Crippen molar-refractivity contribution in [3.63, 3.8) is 0 Å². The van der Waals surface area contributed by atoms with Gasteiger partial charge in [0.1, 0.15) is 5.82 Å². The maximum absolute atomic E-state index is 6.00. The molecular weight excluding hydrogens is 244 g/mol. The molecule has 0 bridgehead atoms. The first kappa shape index (κ1) is 13.7. The molecular formula is C15H23ClN2. The van der Waals surface area contributed by atoms with Crippen molar-refractivity contribution in [3.8, 4) is 0 Å². The molecule has 0 amide bonds. The van der Waals surface area contributed by atoms with Crippen molar-refractivity contribution in [1.82, 2.24) is 4.98 Å². The van der Waals surface area contributed by atoms with Crippen LogP contribution >= 0.6 is 11.6 Å². The summed E-state index contributed by atoms with van der Waals surface area (Å²) in [5.74, 6) is 2.48. The number of rotatable bonds is 4. The molecule has 1 fully saturated rings. The first-order valence-corrected chi connectivity index (χ1v) is 7.22. The number of halogens is 1. The Morgan fingerprint density at radius 3 is 2.50 bits per heavy atom. The van der Waals surface area contributed by atoms with Gasteiger partial charge in [-0.1, -0.05) is 20.8 Å². The lowest BCUT2D eigenvalue weighted by molar-refractivity contribution is 0.567. The molecule has 0 radical (unpaired) electrons. The number of aromatic nitrogens is 1. The molecule has 1 aromatic rings. The summed E-state index contributed by atoms with van der Waals surface area (Å²) >= 11 is 6.00. The van der Waals surface area contributed by atoms with Gasteiger partial charge in [0, 0.05) is 30.6 Å². The number of anilines is 1. The van der Waals surface area contributed by atoms with Crippen LogP contribution in [0.3, 0.4) is 0 Å². The highest BCUT2D eigenvalue weighted by molar-refractivity contribution is 6.17. The predicted octanol–water partition coefficient (Wildman–Crippen LogP) is 3.96. The molecule has 3 heteroatoms. The Kier molecular flexibility index (Phi) is 3.86. The number of nitrogens with zero attached hydrogens (tertiary/aromatic N) is 2. The predicted molar refractivity (Wildman–Crippen MR) is 78.5 cm³/mol. The average molecular weight is 267 g/mol. The zero-order valence-electron chi connectivity index (χ0n) is 11.8. The van der Waals surface area contributed by atoms with Crippen LogP contribution in [0, 0.1) is 5.92 Å². The van der Waals surface area contributed by atoms with Crippen LogP contribution in [0.5, 0.6) is 0 Å². The molecule has 18 heavy (non-hydrogen) atoms. The Morgan fingerprint density at radius 2 is 2.00 bits per heavy atom. The summed E-state index contributed by atoms with van der Waals surface area (Å²) in [6.07, 6.45) is 2.73. The van der Waals surface area contributed by atoms with Gasteiger partial charge in [0.25, 0.3) is 0 Å². The third-order valence-electron chi connectivity index (χ3n) is 3.41. The fourth-order valence-corrected chi connectivity index (χ4v) is 2.16. The third kappa shape index (κ3) is 3.38. The molecule has 1 aromatic heterocycles. The van der Waals surface area contributed by atoms with E-state index in [2.05, 4.69) is 44.9 Å². The molecule has 1 heterocycles. The second-order valence-electron chi connectivity index (χ2n) is 6.43. The van der Waals surface area contributed by atoms with E-state index in [0.29, 0.717) is 5.88 Å². The highest BCUT2D eigenvalue weighted by Crippen LogP contribution is 2.31. The van der Waals surface area contributed by atoms with Gasteiger partial charge in [-0.05, 0) is 36.5 Å². The molecule has 100 valence electrons. The minimum absolute atomic E-state index is 0.0667. The second kappa shape index (κ2) is 5.08. The number of hydrogen-bond donors (Lipinski definition) is 0. The fourth-order valence-electron chi connectivity index (χ4n) is 2.01. The van der Waals surface area contributed by atoms with Gasteiger partial charge in [-0.3, -0.25) is 0 Å². The number of hydrogen-bond acceptors (Lipinski definition) is 2. The SMILES string of the molecule is CN(CC1CC1)c1cc(CCl)cc(C(C)(C)C)n1. The van der Waals surface area contributed by atoms with Gasteiger partial charge in [-0.2, -0.15) is 0 Å². The Bertz CT molecular complexity index is 419. The second-order valence-corrected chi connectivity index (χ2v) is 6.69. The van der Waals surface area contributed by atoms with Crippen molar-refractivity contribution in [1.29, 1.82) is 0 Å². The van der Waals surface area contributed by atoms with Gasteiger partial charge in [-0.15, -0.1) is 11.6 Å². The zero-order valence-corrected chi connectivity index (χ0v) is 12.6. The molecule has 1 saturated carbocycles. The average Bonchev–Trinajstić information content (AvgIpc) is 3.11. The molecule has 2 rings (SSSR count). The molecule has 0 unspecified atom stereocenters. The van der Waals surface area contributed by atoms with Crippen molar-refractivity contribution in [2.75, 3.05) is 18.5 Å². The van der Waals surface area contributed by atoms with Gasteiger partial charge < -0.3 is 4.90 Å². The summed E-state index contributed by atoms with van der Waals surface area (Å²) < 4.78 is 0. The van der Waals surface area contributed by atoms with Crippen LogP contribution < -0.4 is 4.90 Å². The lowest BCUT2D eigenvalue weighted by Gasteiger charge is -2.24. The number of pyridine rings is 1. The first-order valence-electron chi connectivity index (χ1n) is 6.68. The first-order chi connectivity index (χ1) is 8.40. The van der Waals surface area contributed by atoms with Crippen molar-refractivity contribution in [2.24, 2.45) is 5.92 Å². The lowest BCUT2D eigenvalue weighted by Crippen LogP contribution is -2.23. The third-order valence-corrected chi connectivity index (χ3v) is 3.72. The van der Waals surface area contributed by atoms with Crippen LogP contribution in [-0.2, 0) is 11.3 Å². The summed E-state index contributed by atoms with van der Waals surface area (Å²) in [4.78, 5) is 7.07. The summed E-state index contributed by atoms with van der Waals surface area (Å²) in [5.41, 5.74) is 2.35. The molecule has 0 aromatic carbocycles. The summed E-state index contributed by atoms with van der Waals surface area (Å²) in [6.45, 7) is 7.69. The molecule has 0 aliphatic heterocycles. The van der Waals surface area contributed by atoms with Crippen molar-refractivity contribution >= 4 is 17.4 Å². The van der Waals surface area contributed by atoms with Crippen LogP contribution in [0.1, 0.15) is 44.9 Å². The van der Waals surface area contributed by atoms with Crippen LogP contribution in [0.4, 0.5) is 5.82 Å². The Hall–Kier alpha value is -0.760. The molecule has 1 aliphatic carbocycles. The summed E-state index contributed by atoms with van der Waals surface area (Å²) in [7, 11) is 2.13. The van der Waals surface area contributed by atoms with E-state index in [1.807, 2.05) is 0 Å². The highest BCUT2D eigenvalue weighted by Gasteiger charge is 2.24. The van der Waals surface area contributed by atoms with E-state index in [1.54, 1.807) is 0 Å². The Morgan fingerprint density at radius 1 is 1.33 bits per heavy atom. The smallest absolute Gasteiger partial charge is 0.128 e. The summed E-state index contributed by atoms with van der Waals surface area (Å²) in [6, 6.07) is 4.24. The van der Waals surface area contributed by atoms with Crippen LogP contribution in [0.15, 0.2) is 12.1 Å². The summed E-state index contributed by atoms with van der Waals surface area (Å²) in [5, 5.41) is 0. The van der Waals surface area contributed by atoms with E-state index in [4.69, 9.17) is 16.6 Å². The maximum Gasteiger partial charge on any atom is 0.128 e. The van der Waals surface area contributed by atoms with Gasteiger partial charge in [0.05, 0.1) is 0 Å². The highest BCUT2D eigenvalue weighted by atomic mass is 35.5. The monoisotopic (exact) mass is 266 g/mol. The standard InChI is InChI=1S/C15H23ClN2/c1-15(2,3)13-7-12(9-16)8-14(17-13)18(4)10-11-5-6-11/h7-8,11H,5-6,9-10H2,1-4H3. The van der Waals surface area contributed by atoms with Crippen molar-refractivity contribution < 1.29 is 0 Å². The van der Waals surface area contributed by atoms with Crippen molar-refractivity contribution in [2.45, 2.75) is 44.9 Å². The van der Waals surface area contributed by atoms with Crippen LogP contribution in [0.25, 0.3) is 0 Å². The van der Waals surface area contributed by atoms with E-state index < -0.39 is 0 Å². The quantitative estimate of drug-likeness (QED) is 0.767. The normalized spacial score (nSPS) is 15.8. The van der Waals surface area contributed by atoms with Gasteiger partial charge >= 0.3 is 0 Å². The number of alkyl halides is 1. The van der Waals surface area contributed by atoms with E-state index in [0.717, 1.165) is 29.5 Å². The van der Waals surface area contributed by atoms with Gasteiger partial charge in [0.15, 0.2) is 0 Å². The molecule has 2 nitrogen and oxygen atoms in total. The molecule has 0 atom stereocenters. The molecule has 0 spiro atoms. The molecule has 0 N–H and O–H groups in total. The topological polar surface area (TPSA) is 16.1 Å². The van der Waals surface area contributed by atoms with E-state index >= 15 is 0 Å². The van der Waals surface area contributed by atoms with Crippen LogP contribution in [0.2, 0.25) is 0 Å². The van der Waals surface area contributed by atoms with Gasteiger partial charge in [0.2, 0.25) is 0 Å². The minimum Gasteiger partial charge on any atom is -0.359 e. The minimum atomic E-state index is 0.0667. The largest absolute Gasteiger partial charge is 0.359 e. The van der Waals surface area contributed by atoms with E-state index in [9.17, 15) is 0 Å². The van der Waals surface area contributed by atoms with E-state index in [-0.39, 0.29) is 5.41 Å². The Labute approximate surface area is 115 Å². The van der Waals surface area contributed by atoms with E-state index in [1.165, 1.54) is 12.8 Å². The Balaban J connectivity index is 2.27.